The van der Waals surface area contributed by atoms with E-state index in [2.05, 4.69) is 13.8 Å². The summed E-state index contributed by atoms with van der Waals surface area (Å²) in [6.45, 7) is 3.55. The number of unbranched alkanes of at least 4 members (excludes halogenated alkanes) is 26. The minimum atomic E-state index is -4.50. The number of rotatable bonds is 40. The summed E-state index contributed by atoms with van der Waals surface area (Å²) >= 11 is 0. The molecule has 0 aliphatic rings. The molecule has 0 radical (unpaired) electrons. The highest BCUT2D eigenvalue weighted by Gasteiger charge is 2.26. The predicted molar refractivity (Wildman–Crippen MR) is 201 cm³/mol. The summed E-state index contributed by atoms with van der Waals surface area (Å²) in [5, 5.41) is 18.3. The molecule has 3 atom stereocenters. The lowest BCUT2D eigenvalue weighted by Crippen LogP contribution is -2.29. The van der Waals surface area contributed by atoms with Gasteiger partial charge in [-0.15, -0.1) is 0 Å². The first-order valence-corrected chi connectivity index (χ1v) is 22.0. The summed E-state index contributed by atoms with van der Waals surface area (Å²) in [6, 6.07) is 0. The van der Waals surface area contributed by atoms with E-state index in [1.165, 1.54) is 148 Å². The Kier molecular flexibility index (Phi) is 36.8. The number of carbonyl (C=O) groups is 1. The first-order chi connectivity index (χ1) is 23.8. The molecule has 0 aromatic heterocycles. The van der Waals surface area contributed by atoms with Crippen LogP contribution in [0.5, 0.6) is 0 Å². The van der Waals surface area contributed by atoms with E-state index in [0.29, 0.717) is 6.61 Å². The Labute approximate surface area is 301 Å². The Hall–Kier alpha value is -0.540. The van der Waals surface area contributed by atoms with E-state index in [0.717, 1.165) is 32.1 Å². The van der Waals surface area contributed by atoms with Gasteiger partial charge < -0.3 is 24.6 Å². The highest BCUT2D eigenvalue weighted by atomic mass is 31.2. The second-order valence-corrected chi connectivity index (χ2v) is 15.5. The second kappa shape index (κ2) is 37.2. The number of phosphoric acid groups is 1. The van der Waals surface area contributed by atoms with Gasteiger partial charge in [-0.1, -0.05) is 181 Å². The number of aliphatic hydroxyl groups excluding tert-OH is 2. The minimum Gasteiger partial charge on any atom is -0.457 e. The maximum absolute atomic E-state index is 12.6. The van der Waals surface area contributed by atoms with Crippen LogP contribution in [-0.2, 0) is 27.9 Å². The third-order valence-electron chi connectivity index (χ3n) is 9.04. The van der Waals surface area contributed by atoms with Crippen molar-refractivity contribution in [2.24, 2.45) is 0 Å². The second-order valence-electron chi connectivity index (χ2n) is 14.0. The van der Waals surface area contributed by atoms with Crippen LogP contribution in [-0.4, -0.2) is 66.3 Å². The molecule has 0 spiro atoms. The van der Waals surface area contributed by atoms with Crippen LogP contribution in [0, 0.1) is 0 Å². The van der Waals surface area contributed by atoms with Crippen molar-refractivity contribution in [3.63, 3.8) is 0 Å². The SMILES string of the molecule is CCCCCCCCCCCCCCCCCCCC(=O)OC(COCCCCCCCCCCCCC)COP(=O)(O)OCC(O)CO. The van der Waals surface area contributed by atoms with Gasteiger partial charge in [-0.3, -0.25) is 13.8 Å². The summed E-state index contributed by atoms with van der Waals surface area (Å²) in [7, 11) is -4.50. The van der Waals surface area contributed by atoms with Crippen molar-refractivity contribution >= 4 is 13.8 Å². The van der Waals surface area contributed by atoms with Crippen molar-refractivity contribution in [1.82, 2.24) is 0 Å². The molecule has 294 valence electrons. The average molecular weight is 723 g/mol. The zero-order chi connectivity index (χ0) is 36.1. The highest BCUT2D eigenvalue weighted by Crippen LogP contribution is 2.43. The molecular formula is C39H79O9P. The zero-order valence-corrected chi connectivity index (χ0v) is 32.8. The van der Waals surface area contributed by atoms with Crippen molar-refractivity contribution in [2.45, 2.75) is 212 Å². The van der Waals surface area contributed by atoms with Gasteiger partial charge in [-0.25, -0.2) is 4.57 Å². The van der Waals surface area contributed by atoms with Gasteiger partial charge in [0.05, 0.1) is 26.4 Å². The van der Waals surface area contributed by atoms with Gasteiger partial charge in [0.1, 0.15) is 12.2 Å². The number of carbonyl (C=O) groups excluding carboxylic acids is 1. The number of hydrogen-bond donors (Lipinski definition) is 3. The van der Waals surface area contributed by atoms with E-state index in [1.54, 1.807) is 0 Å². The Morgan fingerprint density at radius 2 is 0.918 bits per heavy atom. The highest BCUT2D eigenvalue weighted by molar-refractivity contribution is 7.47. The fourth-order valence-electron chi connectivity index (χ4n) is 5.89. The molecule has 0 rings (SSSR count). The van der Waals surface area contributed by atoms with Crippen molar-refractivity contribution in [1.29, 1.82) is 0 Å². The number of aliphatic hydroxyl groups is 2. The lowest BCUT2D eigenvalue weighted by atomic mass is 10.0. The topological polar surface area (TPSA) is 132 Å². The molecule has 3 N–H and O–H groups in total. The molecule has 9 nitrogen and oxygen atoms in total. The van der Waals surface area contributed by atoms with E-state index < -0.39 is 33.2 Å². The van der Waals surface area contributed by atoms with E-state index >= 15 is 0 Å². The summed E-state index contributed by atoms with van der Waals surface area (Å²) in [5.41, 5.74) is 0. The van der Waals surface area contributed by atoms with Crippen LogP contribution in [0.15, 0.2) is 0 Å². The van der Waals surface area contributed by atoms with Gasteiger partial charge in [0, 0.05) is 13.0 Å². The lowest BCUT2D eigenvalue weighted by Gasteiger charge is -2.20. The molecule has 0 aliphatic heterocycles. The smallest absolute Gasteiger partial charge is 0.457 e. The van der Waals surface area contributed by atoms with Gasteiger partial charge in [0.2, 0.25) is 0 Å². The van der Waals surface area contributed by atoms with E-state index in [4.69, 9.17) is 23.6 Å². The molecule has 0 saturated carbocycles. The molecule has 0 saturated heterocycles. The van der Waals surface area contributed by atoms with Gasteiger partial charge >= 0.3 is 13.8 Å². The quantitative estimate of drug-likeness (QED) is 0.0321. The molecule has 0 fully saturated rings. The summed E-state index contributed by atoms with van der Waals surface area (Å²) in [4.78, 5) is 22.5. The number of ether oxygens (including phenoxy) is 2. The molecule has 3 unspecified atom stereocenters. The molecule has 0 aromatic carbocycles. The standard InChI is InChI=1S/C39H79O9P/c1-3-5-7-9-11-13-15-16-17-18-19-20-21-23-25-27-29-31-39(42)48-38(36-47-49(43,44)46-34-37(41)33-40)35-45-32-30-28-26-24-22-14-12-10-8-6-4-2/h37-38,40-41H,3-36H2,1-2H3,(H,43,44). The van der Waals surface area contributed by atoms with Gasteiger partial charge in [0.15, 0.2) is 0 Å². The summed E-state index contributed by atoms with van der Waals surface area (Å²) in [5.74, 6) is -0.378. The van der Waals surface area contributed by atoms with Gasteiger partial charge in [0.25, 0.3) is 0 Å². The van der Waals surface area contributed by atoms with Crippen LogP contribution < -0.4 is 0 Å². The normalized spacial score (nSPS) is 14.1. The van der Waals surface area contributed by atoms with Crippen molar-refractivity contribution in [3.8, 4) is 0 Å². The van der Waals surface area contributed by atoms with Gasteiger partial charge in [-0.2, -0.15) is 0 Å². The van der Waals surface area contributed by atoms with Crippen LogP contribution in [0.3, 0.4) is 0 Å². The van der Waals surface area contributed by atoms with Crippen LogP contribution >= 0.6 is 7.82 Å². The van der Waals surface area contributed by atoms with Crippen LogP contribution in [0.4, 0.5) is 0 Å². The summed E-state index contributed by atoms with van der Waals surface area (Å²) < 4.78 is 33.3. The Bertz CT molecular complexity index is 739. The fraction of sp³-hybridized carbons (Fsp3) is 0.974. The molecule has 0 heterocycles. The molecule has 10 heteroatoms. The van der Waals surface area contributed by atoms with Crippen molar-refractivity contribution < 1.29 is 43.0 Å². The molecule has 0 aliphatic carbocycles. The lowest BCUT2D eigenvalue weighted by molar-refractivity contribution is -0.154. The zero-order valence-electron chi connectivity index (χ0n) is 31.9. The molecular weight excluding hydrogens is 643 g/mol. The maximum Gasteiger partial charge on any atom is 0.472 e. The monoisotopic (exact) mass is 723 g/mol. The van der Waals surface area contributed by atoms with Crippen molar-refractivity contribution in [3.05, 3.63) is 0 Å². The number of phosphoric ester groups is 1. The molecule has 0 aromatic rings. The minimum absolute atomic E-state index is 0.0574. The molecule has 0 bridgehead atoms. The number of esters is 1. The molecule has 0 amide bonds. The number of hydrogen-bond acceptors (Lipinski definition) is 8. The fourth-order valence-corrected chi connectivity index (χ4v) is 6.68. The Morgan fingerprint density at radius 1 is 0.551 bits per heavy atom. The largest absolute Gasteiger partial charge is 0.472 e. The van der Waals surface area contributed by atoms with E-state index in [9.17, 15) is 19.4 Å². The van der Waals surface area contributed by atoms with E-state index in [-0.39, 0.29) is 25.6 Å². The van der Waals surface area contributed by atoms with Crippen LogP contribution in [0.25, 0.3) is 0 Å². The Morgan fingerprint density at radius 3 is 1.33 bits per heavy atom. The third kappa shape index (κ3) is 37.0. The Balaban J connectivity index is 4.12. The van der Waals surface area contributed by atoms with Gasteiger partial charge in [-0.05, 0) is 12.8 Å². The van der Waals surface area contributed by atoms with Crippen LogP contribution in [0.1, 0.15) is 200 Å². The maximum atomic E-state index is 12.6. The van der Waals surface area contributed by atoms with Crippen molar-refractivity contribution in [2.75, 3.05) is 33.0 Å². The molecule has 49 heavy (non-hydrogen) atoms. The summed E-state index contributed by atoms with van der Waals surface area (Å²) in [6.07, 6.45) is 33.4. The predicted octanol–water partition coefficient (Wildman–Crippen LogP) is 10.8. The third-order valence-corrected chi connectivity index (χ3v) is 9.99. The first kappa shape index (κ1) is 48.5. The average Bonchev–Trinajstić information content (AvgIpc) is 3.09. The first-order valence-electron chi connectivity index (χ1n) is 20.5. The van der Waals surface area contributed by atoms with Crippen LogP contribution in [0.2, 0.25) is 0 Å². The van der Waals surface area contributed by atoms with E-state index in [1.807, 2.05) is 0 Å².